The molecule has 1 aliphatic carbocycles. The van der Waals surface area contributed by atoms with Gasteiger partial charge in [-0.05, 0) is 73.4 Å². The second-order valence-corrected chi connectivity index (χ2v) is 12.6. The van der Waals surface area contributed by atoms with Crippen LogP contribution in [0.2, 0.25) is 5.02 Å². The van der Waals surface area contributed by atoms with Gasteiger partial charge in [-0.2, -0.15) is 0 Å². The fraction of sp³-hybridized carbons (Fsp3) is 0.355. The molecule has 0 bridgehead atoms. The van der Waals surface area contributed by atoms with Crippen molar-refractivity contribution in [1.82, 2.24) is 0 Å². The Bertz CT molecular complexity index is 1500. The number of nitrogens with one attached hydrogen (secondary N) is 1. The summed E-state index contributed by atoms with van der Waals surface area (Å²) in [5, 5.41) is 4.07. The van der Waals surface area contributed by atoms with Crippen molar-refractivity contribution in [2.75, 3.05) is 23.4 Å². The van der Waals surface area contributed by atoms with E-state index in [0.29, 0.717) is 38.4 Å². The molecule has 1 N–H and O–H groups in total. The second kappa shape index (κ2) is 11.2. The van der Waals surface area contributed by atoms with E-state index in [2.05, 4.69) is 26.1 Å². The highest BCUT2D eigenvalue weighted by Gasteiger charge is 2.37. The van der Waals surface area contributed by atoms with Gasteiger partial charge in [0.15, 0.2) is 0 Å². The van der Waals surface area contributed by atoms with Crippen LogP contribution >= 0.6 is 22.9 Å². The average Bonchev–Trinajstić information content (AvgIpc) is 3.40. The van der Waals surface area contributed by atoms with Crippen LogP contribution in [0.1, 0.15) is 60.5 Å². The first-order valence-corrected chi connectivity index (χ1v) is 14.6. The normalized spacial score (nSPS) is 17.5. The summed E-state index contributed by atoms with van der Waals surface area (Å²) >= 11 is 7.51. The number of nitrogens with zero attached hydrogens (tertiary/aromatic N) is 2. The second-order valence-electron chi connectivity index (χ2n) is 11.1. The first-order chi connectivity index (χ1) is 19.1. The third-order valence-electron chi connectivity index (χ3n) is 7.50. The monoisotopic (exact) mass is 577 g/mol. The Morgan fingerprint density at radius 2 is 1.88 bits per heavy atom. The van der Waals surface area contributed by atoms with Crippen molar-refractivity contribution in [3.8, 4) is 0 Å². The lowest BCUT2D eigenvalue weighted by Gasteiger charge is -2.33. The molecule has 1 atom stereocenters. The fourth-order valence-electron chi connectivity index (χ4n) is 5.31. The molecular formula is C31H32ClN3O4S. The lowest BCUT2D eigenvalue weighted by atomic mass is 9.72. The summed E-state index contributed by atoms with van der Waals surface area (Å²) in [4.78, 5) is 47.0. The minimum atomic E-state index is -0.491. The van der Waals surface area contributed by atoms with Gasteiger partial charge in [-0.25, -0.2) is 4.99 Å². The van der Waals surface area contributed by atoms with Crippen LogP contribution in [0.5, 0.6) is 0 Å². The number of aliphatic imine (C=N–C) groups is 1. The van der Waals surface area contributed by atoms with E-state index in [0.717, 1.165) is 29.7 Å². The van der Waals surface area contributed by atoms with E-state index in [9.17, 15) is 14.4 Å². The van der Waals surface area contributed by atoms with E-state index in [4.69, 9.17) is 21.3 Å². The molecule has 9 heteroatoms. The Hall–Kier alpha value is -3.49. The maximum Gasteiger partial charge on any atom is 0.326 e. The van der Waals surface area contributed by atoms with Crippen LogP contribution in [0, 0.1) is 11.3 Å². The largest absolute Gasteiger partial charge is 0.465 e. The number of fused-ring (bicyclic) bond motifs is 2. The average molecular weight is 578 g/mol. The highest BCUT2D eigenvalue weighted by molar-refractivity contribution is 7.16. The molecular weight excluding hydrogens is 546 g/mol. The lowest BCUT2D eigenvalue weighted by molar-refractivity contribution is -0.142. The number of anilines is 2. The quantitative estimate of drug-likeness (QED) is 0.325. The molecule has 0 unspecified atom stereocenters. The zero-order valence-electron chi connectivity index (χ0n) is 23.0. The summed E-state index contributed by atoms with van der Waals surface area (Å²) in [5.74, 6) is -0.678. The number of carbonyl (C=O) groups is 3. The highest BCUT2D eigenvalue weighted by Crippen LogP contribution is 2.46. The van der Waals surface area contributed by atoms with Gasteiger partial charge in [0.1, 0.15) is 17.3 Å². The van der Waals surface area contributed by atoms with Gasteiger partial charge in [0.05, 0.1) is 17.9 Å². The van der Waals surface area contributed by atoms with E-state index in [1.54, 1.807) is 37.3 Å². The van der Waals surface area contributed by atoms with Crippen molar-refractivity contribution in [1.29, 1.82) is 0 Å². The van der Waals surface area contributed by atoms with E-state index < -0.39 is 11.9 Å². The van der Waals surface area contributed by atoms with Gasteiger partial charge in [-0.15, -0.1) is 11.3 Å². The number of halogens is 1. The third kappa shape index (κ3) is 5.56. The predicted octanol–water partition coefficient (Wildman–Crippen LogP) is 6.84. The van der Waals surface area contributed by atoms with Crippen molar-refractivity contribution < 1.29 is 19.1 Å². The van der Waals surface area contributed by atoms with Gasteiger partial charge in [-0.1, -0.05) is 50.6 Å². The number of amides is 2. The first kappa shape index (κ1) is 28.1. The molecule has 5 rings (SSSR count). The van der Waals surface area contributed by atoms with E-state index in [1.807, 2.05) is 18.2 Å². The first-order valence-electron chi connectivity index (χ1n) is 13.4. The Morgan fingerprint density at radius 1 is 1.15 bits per heavy atom. The van der Waals surface area contributed by atoms with Gasteiger partial charge in [0.2, 0.25) is 0 Å². The molecule has 7 nitrogen and oxygen atoms in total. The van der Waals surface area contributed by atoms with Crippen molar-refractivity contribution >= 4 is 62.8 Å². The van der Waals surface area contributed by atoms with Crippen LogP contribution in [0.4, 0.5) is 16.4 Å². The van der Waals surface area contributed by atoms with Crippen LogP contribution < -0.4 is 10.2 Å². The molecule has 0 spiro atoms. The number of carbonyl (C=O) groups excluding carboxylic acids is 3. The van der Waals surface area contributed by atoms with Gasteiger partial charge in [-0.3, -0.25) is 19.3 Å². The zero-order valence-corrected chi connectivity index (χ0v) is 24.6. The molecule has 0 saturated heterocycles. The summed E-state index contributed by atoms with van der Waals surface area (Å²) in [6.45, 7) is 8.49. The van der Waals surface area contributed by atoms with Crippen molar-refractivity contribution in [3.05, 3.63) is 75.1 Å². The molecule has 2 heterocycles. The predicted molar refractivity (Wildman–Crippen MR) is 160 cm³/mol. The van der Waals surface area contributed by atoms with Crippen molar-refractivity contribution in [3.63, 3.8) is 0 Å². The van der Waals surface area contributed by atoms with Crippen LogP contribution in [0.15, 0.2) is 53.5 Å². The number of thiophene rings is 1. The number of hydrogen-bond acceptors (Lipinski definition) is 6. The van der Waals surface area contributed by atoms with E-state index in [-0.39, 0.29) is 30.2 Å². The molecule has 2 amide bonds. The smallest absolute Gasteiger partial charge is 0.326 e. The maximum atomic E-state index is 13.8. The number of ether oxygens (including phenoxy) is 1. The lowest BCUT2D eigenvalue weighted by Crippen LogP contribution is -2.35. The molecule has 208 valence electrons. The number of para-hydroxylation sites is 1. The van der Waals surface area contributed by atoms with Gasteiger partial charge in [0, 0.05) is 21.2 Å². The number of benzene rings is 2. The Morgan fingerprint density at radius 3 is 2.58 bits per heavy atom. The standard InChI is InChI=1S/C31H32ClN3O4S/c1-5-39-25(36)17-35-23-9-7-6-8-21(23)27(30(35)38)34-29-26(28(37)33-20-13-11-19(32)12-14-20)22-15-10-18(31(2,3)4)16-24(22)40-29/h6-9,11-14,18H,5,10,15-17H2,1-4H3,(H,33,37)/t18-/m0/s1. The molecule has 2 aromatic carbocycles. The minimum absolute atomic E-state index is 0.132. The van der Waals surface area contributed by atoms with E-state index >= 15 is 0 Å². The summed E-state index contributed by atoms with van der Waals surface area (Å²) in [6.07, 6.45) is 2.59. The highest BCUT2D eigenvalue weighted by atomic mass is 35.5. The number of esters is 1. The van der Waals surface area contributed by atoms with Gasteiger partial charge < -0.3 is 10.1 Å². The topological polar surface area (TPSA) is 88.1 Å². The van der Waals surface area contributed by atoms with Crippen LogP contribution in [-0.2, 0) is 27.2 Å². The Balaban J connectivity index is 1.58. The zero-order chi connectivity index (χ0) is 28.6. The number of rotatable bonds is 6. The molecule has 0 saturated carbocycles. The molecule has 1 aromatic heterocycles. The van der Waals surface area contributed by atoms with E-state index in [1.165, 1.54) is 16.2 Å². The Kier molecular flexibility index (Phi) is 7.84. The molecule has 3 aromatic rings. The summed E-state index contributed by atoms with van der Waals surface area (Å²) in [5.41, 5.74) is 3.70. The van der Waals surface area contributed by atoms with Crippen molar-refractivity contribution in [2.24, 2.45) is 16.3 Å². The Labute approximate surface area is 243 Å². The molecule has 1 aliphatic heterocycles. The van der Waals surface area contributed by atoms with Crippen molar-refractivity contribution in [2.45, 2.75) is 47.0 Å². The minimum Gasteiger partial charge on any atom is -0.465 e. The summed E-state index contributed by atoms with van der Waals surface area (Å²) in [6, 6.07) is 14.2. The summed E-state index contributed by atoms with van der Waals surface area (Å²) < 4.78 is 5.10. The van der Waals surface area contributed by atoms with Crippen LogP contribution in [0.25, 0.3) is 0 Å². The van der Waals surface area contributed by atoms with Gasteiger partial charge in [0.25, 0.3) is 11.8 Å². The fourth-order valence-corrected chi connectivity index (χ4v) is 6.74. The van der Waals surface area contributed by atoms with Crippen LogP contribution in [-0.4, -0.2) is 36.6 Å². The molecule has 40 heavy (non-hydrogen) atoms. The SMILES string of the molecule is CCOC(=O)CN1C(=O)C(=Nc2sc3c(c2C(=O)Nc2ccc(Cl)cc2)CC[C@H](C(C)(C)C)C3)c2ccccc21. The molecule has 0 fully saturated rings. The third-order valence-corrected chi connectivity index (χ3v) is 8.90. The molecule has 2 aliphatic rings. The maximum absolute atomic E-state index is 13.8. The van der Waals surface area contributed by atoms with Crippen LogP contribution in [0.3, 0.4) is 0 Å². The summed E-state index contributed by atoms with van der Waals surface area (Å²) in [7, 11) is 0. The molecule has 0 radical (unpaired) electrons. The van der Waals surface area contributed by atoms with Gasteiger partial charge >= 0.3 is 5.97 Å². The number of hydrogen-bond donors (Lipinski definition) is 1.